The predicted octanol–water partition coefficient (Wildman–Crippen LogP) is 4.78. The molecule has 0 spiro atoms. The summed E-state index contributed by atoms with van der Waals surface area (Å²) < 4.78 is 10.9. The second kappa shape index (κ2) is 12.3. The van der Waals surface area contributed by atoms with Gasteiger partial charge in [-0.3, -0.25) is 4.79 Å². The molecule has 0 aliphatic rings. The van der Waals surface area contributed by atoms with Gasteiger partial charge in [-0.15, -0.1) is 11.3 Å². The summed E-state index contributed by atoms with van der Waals surface area (Å²) in [6.07, 6.45) is 1.30. The maximum Gasteiger partial charge on any atom is 0.226 e. The molecule has 0 fully saturated rings. The molecule has 0 aliphatic heterocycles. The minimum absolute atomic E-state index is 0.0310. The average molecular weight is 439 g/mol. The highest BCUT2D eigenvalue weighted by atomic mass is 32.1. The first-order valence-electron chi connectivity index (χ1n) is 10.7. The Bertz CT molecular complexity index is 953. The van der Waals surface area contributed by atoms with Crippen LogP contribution in [0.3, 0.4) is 0 Å². The molecule has 0 aliphatic carbocycles. The molecule has 0 atom stereocenters. The van der Waals surface area contributed by atoms with Gasteiger partial charge in [0, 0.05) is 24.1 Å². The van der Waals surface area contributed by atoms with Crippen molar-refractivity contribution in [1.82, 2.24) is 10.3 Å². The fraction of sp³-hybridized carbons (Fsp3) is 0.360. The molecule has 0 saturated carbocycles. The molecule has 0 radical (unpaired) electrons. The van der Waals surface area contributed by atoms with Gasteiger partial charge in [-0.25, -0.2) is 4.98 Å². The third-order valence-electron chi connectivity index (χ3n) is 4.83. The number of hydrogen-bond acceptors (Lipinski definition) is 5. The van der Waals surface area contributed by atoms with Crippen LogP contribution in [-0.4, -0.2) is 30.7 Å². The number of ether oxygens (including phenoxy) is 2. The van der Waals surface area contributed by atoms with Gasteiger partial charge in [0.15, 0.2) is 0 Å². The number of thiazole rings is 1. The number of nitrogens with zero attached hydrogens (tertiary/aromatic N) is 1. The van der Waals surface area contributed by atoms with Gasteiger partial charge in [-0.2, -0.15) is 0 Å². The first-order valence-corrected chi connectivity index (χ1v) is 11.6. The summed E-state index contributed by atoms with van der Waals surface area (Å²) in [5, 5.41) is 5.90. The van der Waals surface area contributed by atoms with Crippen LogP contribution in [0.1, 0.15) is 36.2 Å². The van der Waals surface area contributed by atoms with Crippen LogP contribution >= 0.6 is 11.3 Å². The van der Waals surface area contributed by atoms with Crippen LogP contribution in [0, 0.1) is 0 Å². The molecule has 0 saturated heterocycles. The van der Waals surface area contributed by atoms with Crippen molar-refractivity contribution in [2.75, 3.05) is 19.8 Å². The van der Waals surface area contributed by atoms with E-state index in [2.05, 4.69) is 47.6 Å². The number of amides is 1. The van der Waals surface area contributed by atoms with Gasteiger partial charge in [0.25, 0.3) is 0 Å². The van der Waals surface area contributed by atoms with E-state index in [1.165, 1.54) is 5.56 Å². The highest BCUT2D eigenvalue weighted by Gasteiger charge is 2.09. The van der Waals surface area contributed by atoms with Gasteiger partial charge >= 0.3 is 0 Å². The summed E-state index contributed by atoms with van der Waals surface area (Å²) in [4.78, 5) is 17.0. The van der Waals surface area contributed by atoms with E-state index in [0.29, 0.717) is 33.0 Å². The summed E-state index contributed by atoms with van der Waals surface area (Å²) in [5.41, 5.74) is 5.33. The Kier molecular flexibility index (Phi) is 9.21. The molecule has 0 unspecified atom stereocenters. The molecule has 1 amide bonds. The molecule has 3 aromatic rings. The number of hydrogen-bond donors (Lipinski definition) is 1. The van der Waals surface area contributed by atoms with Crippen LogP contribution in [0.25, 0.3) is 10.6 Å². The number of benzene rings is 2. The lowest BCUT2D eigenvalue weighted by Gasteiger charge is -2.08. The molecule has 0 bridgehead atoms. The Balaban J connectivity index is 1.46. The molecule has 31 heavy (non-hydrogen) atoms. The van der Waals surface area contributed by atoms with Gasteiger partial charge in [0.05, 0.1) is 31.9 Å². The number of carbonyl (C=O) groups excluding carboxylic acids is 1. The van der Waals surface area contributed by atoms with E-state index < -0.39 is 0 Å². The van der Waals surface area contributed by atoms with Gasteiger partial charge in [0.1, 0.15) is 5.01 Å². The zero-order chi connectivity index (χ0) is 21.9. The molecule has 5 nitrogen and oxygen atoms in total. The Hall–Kier alpha value is -2.54. The number of carbonyl (C=O) groups is 1. The van der Waals surface area contributed by atoms with Crippen molar-refractivity contribution >= 4 is 17.2 Å². The minimum Gasteiger partial charge on any atom is -0.379 e. The third kappa shape index (κ3) is 7.58. The highest BCUT2D eigenvalue weighted by Crippen LogP contribution is 2.24. The van der Waals surface area contributed by atoms with Crippen molar-refractivity contribution in [2.24, 2.45) is 0 Å². The standard InChI is InChI=1S/C25H30N2O3S/c1-3-19-8-10-22(11-9-19)25-27-23(18-31-25)15-24(28)26-16-20-6-5-7-21(14-20)17-30-13-12-29-4-2/h5-11,14,18H,3-4,12-13,15-17H2,1-2H3,(H,26,28). The van der Waals surface area contributed by atoms with Gasteiger partial charge in [-0.1, -0.05) is 55.5 Å². The molecule has 1 heterocycles. The molecule has 1 N–H and O–H groups in total. The van der Waals surface area contributed by atoms with Crippen molar-refractivity contribution in [2.45, 2.75) is 39.8 Å². The van der Waals surface area contributed by atoms with Crippen LogP contribution in [0.4, 0.5) is 0 Å². The summed E-state index contributed by atoms with van der Waals surface area (Å²) in [6.45, 7) is 7.02. The van der Waals surface area contributed by atoms with Crippen molar-refractivity contribution in [3.8, 4) is 10.6 Å². The van der Waals surface area contributed by atoms with E-state index in [1.54, 1.807) is 11.3 Å². The zero-order valence-corrected chi connectivity index (χ0v) is 19.0. The molecular weight excluding hydrogens is 408 g/mol. The first-order chi connectivity index (χ1) is 15.2. The van der Waals surface area contributed by atoms with Crippen molar-refractivity contribution < 1.29 is 14.3 Å². The first kappa shape index (κ1) is 23.1. The maximum absolute atomic E-state index is 12.4. The lowest BCUT2D eigenvalue weighted by Crippen LogP contribution is -2.24. The monoisotopic (exact) mass is 438 g/mol. The molecule has 164 valence electrons. The Morgan fingerprint density at radius 2 is 1.77 bits per heavy atom. The van der Waals surface area contributed by atoms with Gasteiger partial charge < -0.3 is 14.8 Å². The maximum atomic E-state index is 12.4. The summed E-state index contributed by atoms with van der Waals surface area (Å²) in [6, 6.07) is 16.5. The second-order valence-corrected chi connectivity index (χ2v) is 8.08. The van der Waals surface area contributed by atoms with E-state index in [0.717, 1.165) is 33.8 Å². The SMILES string of the molecule is CCOCCOCc1cccc(CNC(=O)Cc2csc(-c3ccc(CC)cc3)n2)c1. The second-order valence-electron chi connectivity index (χ2n) is 7.22. The van der Waals surface area contributed by atoms with Crippen LogP contribution in [0.2, 0.25) is 0 Å². The third-order valence-corrected chi connectivity index (χ3v) is 5.77. The fourth-order valence-corrected chi connectivity index (χ4v) is 3.94. The van der Waals surface area contributed by atoms with Crippen molar-refractivity contribution in [1.29, 1.82) is 0 Å². The quantitative estimate of drug-likeness (QED) is 0.413. The number of rotatable bonds is 12. The summed E-state index contributed by atoms with van der Waals surface area (Å²) in [7, 11) is 0. The molecular formula is C25H30N2O3S. The van der Waals surface area contributed by atoms with E-state index in [9.17, 15) is 4.79 Å². The Labute approximate surface area is 188 Å². The van der Waals surface area contributed by atoms with Crippen LogP contribution in [0.5, 0.6) is 0 Å². The van der Waals surface area contributed by atoms with E-state index in [4.69, 9.17) is 9.47 Å². The van der Waals surface area contributed by atoms with Crippen LogP contribution in [-0.2, 0) is 40.3 Å². The minimum atomic E-state index is -0.0310. The number of aromatic nitrogens is 1. The van der Waals surface area contributed by atoms with E-state index in [1.807, 2.05) is 30.5 Å². The Morgan fingerprint density at radius 1 is 1.00 bits per heavy atom. The Morgan fingerprint density at radius 3 is 2.55 bits per heavy atom. The average Bonchev–Trinajstić information content (AvgIpc) is 3.26. The molecule has 3 rings (SSSR count). The van der Waals surface area contributed by atoms with Crippen molar-refractivity contribution in [3.05, 3.63) is 76.3 Å². The lowest BCUT2D eigenvalue weighted by molar-refractivity contribution is -0.120. The number of nitrogens with one attached hydrogen (secondary N) is 1. The predicted molar refractivity (Wildman–Crippen MR) is 125 cm³/mol. The van der Waals surface area contributed by atoms with Crippen LogP contribution < -0.4 is 5.32 Å². The summed E-state index contributed by atoms with van der Waals surface area (Å²) >= 11 is 1.57. The molecule has 6 heteroatoms. The molecule has 1 aromatic heterocycles. The van der Waals surface area contributed by atoms with E-state index in [-0.39, 0.29) is 12.3 Å². The largest absolute Gasteiger partial charge is 0.379 e. The van der Waals surface area contributed by atoms with Crippen molar-refractivity contribution in [3.63, 3.8) is 0 Å². The summed E-state index contributed by atoms with van der Waals surface area (Å²) in [5.74, 6) is -0.0310. The smallest absolute Gasteiger partial charge is 0.226 e. The van der Waals surface area contributed by atoms with Crippen LogP contribution in [0.15, 0.2) is 53.9 Å². The normalized spacial score (nSPS) is 10.9. The zero-order valence-electron chi connectivity index (χ0n) is 18.2. The van der Waals surface area contributed by atoms with E-state index >= 15 is 0 Å². The molecule has 2 aromatic carbocycles. The highest BCUT2D eigenvalue weighted by molar-refractivity contribution is 7.13. The lowest BCUT2D eigenvalue weighted by atomic mass is 10.1. The van der Waals surface area contributed by atoms with Gasteiger partial charge in [0.2, 0.25) is 5.91 Å². The fourth-order valence-electron chi connectivity index (χ4n) is 3.11. The number of aryl methyl sites for hydroxylation is 1. The topological polar surface area (TPSA) is 60.5 Å². The van der Waals surface area contributed by atoms with Gasteiger partial charge in [-0.05, 0) is 30.0 Å².